The maximum atomic E-state index is 12.1. The lowest BCUT2D eigenvalue weighted by Crippen LogP contribution is -2.22. The van der Waals surface area contributed by atoms with Gasteiger partial charge >= 0.3 is 0 Å². The fourth-order valence-corrected chi connectivity index (χ4v) is 4.14. The molecule has 2 aromatic rings. The van der Waals surface area contributed by atoms with E-state index in [1.165, 1.54) is 22.2 Å². The molecule has 2 aromatic carbocycles. The molecule has 0 aromatic heterocycles. The lowest BCUT2D eigenvalue weighted by atomic mass is 9.99. The monoisotopic (exact) mass is 441 g/mol. The van der Waals surface area contributed by atoms with E-state index in [1.54, 1.807) is 7.05 Å². The average Bonchev–Trinajstić information content (AvgIpc) is 3.00. The Morgan fingerprint density at radius 1 is 1.10 bits per heavy atom. The molecule has 4 nitrogen and oxygen atoms in total. The summed E-state index contributed by atoms with van der Waals surface area (Å²) < 4.78 is 12.2. The van der Waals surface area contributed by atoms with Crippen LogP contribution in [-0.4, -0.2) is 35.4 Å². The molecule has 0 aliphatic carbocycles. The minimum atomic E-state index is -0.0642. The first-order valence-electron chi connectivity index (χ1n) is 10.1. The Balaban J connectivity index is 1.45. The Hall–Kier alpha value is -2.31. The third-order valence-electron chi connectivity index (χ3n) is 5.03. The highest BCUT2D eigenvalue weighted by molar-refractivity contribution is 8.26. The van der Waals surface area contributed by atoms with E-state index in [9.17, 15) is 4.79 Å². The molecule has 6 heteroatoms. The number of likely N-dealkylation sites (N-methyl/N-ethyl adjacent to an activating group) is 1. The molecule has 0 spiro atoms. The van der Waals surface area contributed by atoms with Gasteiger partial charge in [0.25, 0.3) is 5.91 Å². The van der Waals surface area contributed by atoms with Gasteiger partial charge in [-0.05, 0) is 53.8 Å². The normalized spacial score (nSPS) is 16.2. The van der Waals surface area contributed by atoms with Crippen LogP contribution in [0, 0.1) is 0 Å². The summed E-state index contributed by atoms with van der Waals surface area (Å²) in [5.41, 5.74) is 2.26. The summed E-state index contributed by atoms with van der Waals surface area (Å²) in [6.45, 7) is 5.59. The quantitative estimate of drug-likeness (QED) is 0.276. The second-order valence-corrected chi connectivity index (χ2v) is 8.92. The molecule has 0 radical (unpaired) electrons. The maximum Gasteiger partial charge on any atom is 0.265 e. The van der Waals surface area contributed by atoms with Crippen molar-refractivity contribution in [3.05, 3.63) is 64.6 Å². The van der Waals surface area contributed by atoms with Crippen LogP contribution < -0.4 is 9.47 Å². The van der Waals surface area contributed by atoms with Crippen molar-refractivity contribution < 1.29 is 14.3 Å². The van der Waals surface area contributed by atoms with E-state index in [-0.39, 0.29) is 5.91 Å². The molecule has 158 valence electrons. The standard InChI is InChI=1S/C24H27NO3S2/c1-4-17(2)19-9-11-20(12-10-19)27-13-6-14-28-21-8-5-7-18(15-21)16-22-23(26)25(3)24(29)30-22/h5,7-12,15-17H,4,6,13-14H2,1-3H3/b22-16-/t17-/m1/s1. The minimum absolute atomic E-state index is 0.0642. The maximum absolute atomic E-state index is 12.1. The molecule has 0 unspecified atom stereocenters. The first-order valence-corrected chi connectivity index (χ1v) is 11.4. The second kappa shape index (κ2) is 10.6. The van der Waals surface area contributed by atoms with Gasteiger partial charge in [0.2, 0.25) is 0 Å². The van der Waals surface area contributed by atoms with Crippen LogP contribution in [0.2, 0.25) is 0 Å². The summed E-state index contributed by atoms with van der Waals surface area (Å²) in [6.07, 6.45) is 3.77. The van der Waals surface area contributed by atoms with Gasteiger partial charge < -0.3 is 9.47 Å². The number of carbonyl (C=O) groups is 1. The van der Waals surface area contributed by atoms with Gasteiger partial charge in [-0.15, -0.1) is 0 Å². The predicted octanol–water partition coefficient (Wildman–Crippen LogP) is 5.88. The number of thiocarbonyl (C=S) groups is 1. The molecule has 0 bridgehead atoms. The number of ether oxygens (including phenoxy) is 2. The molecule has 1 saturated heterocycles. The zero-order valence-electron chi connectivity index (χ0n) is 17.6. The van der Waals surface area contributed by atoms with Gasteiger partial charge in [0, 0.05) is 13.5 Å². The van der Waals surface area contributed by atoms with Crippen molar-refractivity contribution in [3.63, 3.8) is 0 Å². The Kier molecular flexibility index (Phi) is 7.94. The number of hydrogen-bond acceptors (Lipinski definition) is 5. The Morgan fingerprint density at radius 3 is 2.43 bits per heavy atom. The number of carbonyl (C=O) groups excluding carboxylic acids is 1. The first-order chi connectivity index (χ1) is 14.5. The van der Waals surface area contributed by atoms with Crippen LogP contribution in [0.4, 0.5) is 0 Å². The zero-order valence-corrected chi connectivity index (χ0v) is 19.2. The number of nitrogens with zero attached hydrogens (tertiary/aromatic N) is 1. The fraction of sp³-hybridized carbons (Fsp3) is 0.333. The highest BCUT2D eigenvalue weighted by Gasteiger charge is 2.28. The topological polar surface area (TPSA) is 38.8 Å². The van der Waals surface area contributed by atoms with Crippen LogP contribution in [0.5, 0.6) is 11.5 Å². The predicted molar refractivity (Wildman–Crippen MR) is 128 cm³/mol. The van der Waals surface area contributed by atoms with Crippen molar-refractivity contribution in [1.82, 2.24) is 4.90 Å². The molecule has 1 aliphatic rings. The lowest BCUT2D eigenvalue weighted by molar-refractivity contribution is -0.121. The average molecular weight is 442 g/mol. The molecule has 1 amide bonds. The van der Waals surface area contributed by atoms with Crippen LogP contribution in [0.1, 0.15) is 43.7 Å². The van der Waals surface area contributed by atoms with Crippen molar-refractivity contribution in [2.45, 2.75) is 32.6 Å². The van der Waals surface area contributed by atoms with Crippen molar-refractivity contribution in [2.24, 2.45) is 0 Å². The number of benzene rings is 2. The smallest absolute Gasteiger partial charge is 0.265 e. The molecule has 1 aliphatic heterocycles. The van der Waals surface area contributed by atoms with Crippen molar-refractivity contribution in [3.8, 4) is 11.5 Å². The number of amides is 1. The van der Waals surface area contributed by atoms with Crippen molar-refractivity contribution >= 4 is 40.3 Å². The zero-order chi connectivity index (χ0) is 21.5. The first kappa shape index (κ1) is 22.4. The molecule has 1 heterocycles. The van der Waals surface area contributed by atoms with E-state index in [0.29, 0.717) is 28.4 Å². The number of hydrogen-bond donors (Lipinski definition) is 0. The van der Waals surface area contributed by atoms with Gasteiger partial charge in [0.05, 0.1) is 18.1 Å². The molecule has 0 N–H and O–H groups in total. The van der Waals surface area contributed by atoms with E-state index in [2.05, 4.69) is 26.0 Å². The molecular formula is C24H27NO3S2. The van der Waals surface area contributed by atoms with Gasteiger partial charge in [0.1, 0.15) is 15.8 Å². The summed E-state index contributed by atoms with van der Waals surface area (Å²) in [5, 5.41) is 0. The highest BCUT2D eigenvalue weighted by Crippen LogP contribution is 2.31. The van der Waals surface area contributed by atoms with Crippen LogP contribution in [0.3, 0.4) is 0 Å². The van der Waals surface area contributed by atoms with Gasteiger partial charge in [-0.25, -0.2) is 0 Å². The van der Waals surface area contributed by atoms with Crippen molar-refractivity contribution in [2.75, 3.05) is 20.3 Å². The molecular weight excluding hydrogens is 414 g/mol. The van der Waals surface area contributed by atoms with Crippen LogP contribution in [-0.2, 0) is 4.79 Å². The third kappa shape index (κ3) is 5.86. The summed E-state index contributed by atoms with van der Waals surface area (Å²) in [4.78, 5) is 14.3. The minimum Gasteiger partial charge on any atom is -0.493 e. The van der Waals surface area contributed by atoms with Gasteiger partial charge in [-0.3, -0.25) is 9.69 Å². The molecule has 3 rings (SSSR count). The highest BCUT2D eigenvalue weighted by atomic mass is 32.2. The second-order valence-electron chi connectivity index (χ2n) is 7.24. The van der Waals surface area contributed by atoms with E-state index >= 15 is 0 Å². The lowest BCUT2D eigenvalue weighted by Gasteiger charge is -2.11. The van der Waals surface area contributed by atoms with Gasteiger partial charge in [-0.2, -0.15) is 0 Å². The number of rotatable bonds is 9. The Morgan fingerprint density at radius 2 is 1.80 bits per heavy atom. The molecule has 0 saturated carbocycles. The summed E-state index contributed by atoms with van der Waals surface area (Å²) in [5.74, 6) is 2.17. The Labute approximate surface area is 188 Å². The van der Waals surface area contributed by atoms with E-state index in [1.807, 2.05) is 42.5 Å². The largest absolute Gasteiger partial charge is 0.493 e. The molecule has 1 fully saturated rings. The Bertz CT molecular complexity index is 924. The summed E-state index contributed by atoms with van der Waals surface area (Å²) in [7, 11) is 1.69. The van der Waals surface area contributed by atoms with Gasteiger partial charge in [-0.1, -0.05) is 62.1 Å². The van der Waals surface area contributed by atoms with Gasteiger partial charge in [0.15, 0.2) is 0 Å². The van der Waals surface area contributed by atoms with E-state index < -0.39 is 0 Å². The van der Waals surface area contributed by atoms with E-state index in [0.717, 1.165) is 29.9 Å². The fourth-order valence-electron chi connectivity index (χ4n) is 2.96. The summed E-state index contributed by atoms with van der Waals surface area (Å²) in [6, 6.07) is 16.0. The molecule has 1 atom stereocenters. The van der Waals surface area contributed by atoms with Crippen LogP contribution >= 0.6 is 24.0 Å². The van der Waals surface area contributed by atoms with Crippen molar-refractivity contribution in [1.29, 1.82) is 0 Å². The molecule has 30 heavy (non-hydrogen) atoms. The SMILES string of the molecule is CC[C@@H](C)c1ccc(OCCCOc2cccc(/C=C3\SC(=S)N(C)C3=O)c2)cc1. The third-order valence-corrected chi connectivity index (χ3v) is 6.51. The van der Waals surface area contributed by atoms with Crippen LogP contribution in [0.25, 0.3) is 6.08 Å². The van der Waals surface area contributed by atoms with E-state index in [4.69, 9.17) is 21.7 Å². The summed E-state index contributed by atoms with van der Waals surface area (Å²) >= 11 is 6.49. The number of thioether (sulfide) groups is 1. The van der Waals surface area contributed by atoms with Crippen LogP contribution in [0.15, 0.2) is 53.4 Å².